The summed E-state index contributed by atoms with van der Waals surface area (Å²) < 4.78 is 22.6. The van der Waals surface area contributed by atoms with Gasteiger partial charge >= 0.3 is 0 Å². The molecule has 0 saturated heterocycles. The molecule has 0 bridgehead atoms. The first-order chi connectivity index (χ1) is 12.6. The summed E-state index contributed by atoms with van der Waals surface area (Å²) in [5, 5.41) is 7.88. The molecular formula is C19H27N4O3S+. The van der Waals surface area contributed by atoms with Crippen LogP contribution in [0.4, 0.5) is 11.4 Å². The van der Waals surface area contributed by atoms with Crippen molar-refractivity contribution in [2.24, 2.45) is 5.14 Å². The number of benzene rings is 2. The van der Waals surface area contributed by atoms with Gasteiger partial charge in [-0.25, -0.2) is 13.6 Å². The maximum Gasteiger partial charge on any atom is 0.282 e. The maximum absolute atomic E-state index is 12.5. The van der Waals surface area contributed by atoms with Crippen LogP contribution >= 0.6 is 0 Å². The van der Waals surface area contributed by atoms with Gasteiger partial charge in [-0.05, 0) is 43.3 Å². The van der Waals surface area contributed by atoms with Gasteiger partial charge in [0.05, 0.1) is 11.9 Å². The number of carbonyl (C=O) groups is 1. The highest BCUT2D eigenvalue weighted by atomic mass is 32.2. The Kier molecular flexibility index (Phi) is 6.59. The minimum absolute atomic E-state index is 0.0115. The van der Waals surface area contributed by atoms with Crippen molar-refractivity contribution in [1.82, 2.24) is 0 Å². The lowest BCUT2D eigenvalue weighted by Crippen LogP contribution is -3.12. The van der Waals surface area contributed by atoms with Crippen molar-refractivity contribution in [2.75, 3.05) is 31.4 Å². The summed E-state index contributed by atoms with van der Waals surface area (Å²) in [7, 11) is 2.21. The Morgan fingerprint density at radius 3 is 2.15 bits per heavy atom. The van der Waals surface area contributed by atoms with Gasteiger partial charge in [-0.2, -0.15) is 0 Å². The minimum Gasteiger partial charge on any atom is -0.378 e. The molecule has 27 heavy (non-hydrogen) atoms. The molecule has 2 aromatic rings. The molecule has 0 aliphatic heterocycles. The van der Waals surface area contributed by atoms with Crippen LogP contribution in [0.3, 0.4) is 0 Å². The van der Waals surface area contributed by atoms with Crippen LogP contribution in [0.1, 0.15) is 12.5 Å². The van der Waals surface area contributed by atoms with Crippen LogP contribution in [0, 0.1) is 0 Å². The number of nitrogens with two attached hydrogens (primary N) is 1. The number of amides is 1. The summed E-state index contributed by atoms with van der Waals surface area (Å²) in [6, 6.07) is 13.8. The van der Waals surface area contributed by atoms with Gasteiger partial charge in [-0.1, -0.05) is 12.1 Å². The van der Waals surface area contributed by atoms with Gasteiger partial charge in [0.2, 0.25) is 10.0 Å². The standard InChI is InChI=1S/C19H26N4O3S/c1-14(23(4)13-15-5-9-17(10-6-15)22(2)3)19(24)21-16-7-11-18(12-8-16)27(20,25)26/h5-12,14H,13H2,1-4H3,(H,21,24)(H2,20,25,26)/p+1/t14-/m1/s1. The number of hydrogen-bond donors (Lipinski definition) is 3. The highest BCUT2D eigenvalue weighted by molar-refractivity contribution is 7.89. The highest BCUT2D eigenvalue weighted by Crippen LogP contribution is 2.13. The number of hydrogen-bond acceptors (Lipinski definition) is 4. The molecule has 0 aliphatic rings. The summed E-state index contributed by atoms with van der Waals surface area (Å²) >= 11 is 0. The topological polar surface area (TPSA) is 96.9 Å². The number of quaternary nitrogens is 1. The Labute approximate surface area is 160 Å². The van der Waals surface area contributed by atoms with Gasteiger partial charge in [-0.15, -0.1) is 0 Å². The predicted octanol–water partition coefficient (Wildman–Crippen LogP) is 0.442. The average Bonchev–Trinajstić information content (AvgIpc) is 2.61. The van der Waals surface area contributed by atoms with Gasteiger partial charge in [-0.3, -0.25) is 4.79 Å². The quantitative estimate of drug-likeness (QED) is 0.638. The normalized spacial score (nSPS) is 13.7. The Morgan fingerprint density at radius 2 is 1.67 bits per heavy atom. The number of nitrogens with one attached hydrogen (secondary N) is 2. The van der Waals surface area contributed by atoms with E-state index in [-0.39, 0.29) is 16.8 Å². The molecule has 2 rings (SSSR count). The van der Waals surface area contributed by atoms with E-state index in [0.29, 0.717) is 12.2 Å². The van der Waals surface area contributed by atoms with Crippen LogP contribution in [0.2, 0.25) is 0 Å². The predicted molar refractivity (Wildman–Crippen MR) is 107 cm³/mol. The third-order valence-corrected chi connectivity index (χ3v) is 5.45. The van der Waals surface area contributed by atoms with Crippen molar-refractivity contribution >= 4 is 27.3 Å². The van der Waals surface area contributed by atoms with E-state index in [2.05, 4.69) is 29.6 Å². The first-order valence-electron chi connectivity index (χ1n) is 8.60. The van der Waals surface area contributed by atoms with Crippen LogP contribution in [-0.2, 0) is 21.4 Å². The van der Waals surface area contributed by atoms with Crippen LogP contribution in [0.5, 0.6) is 0 Å². The van der Waals surface area contributed by atoms with E-state index in [0.717, 1.165) is 16.2 Å². The first kappa shape index (κ1) is 20.9. The van der Waals surface area contributed by atoms with E-state index in [1.165, 1.54) is 24.3 Å². The molecule has 0 radical (unpaired) electrons. The molecule has 0 aliphatic carbocycles. The van der Waals surface area contributed by atoms with Crippen LogP contribution in [-0.4, -0.2) is 41.5 Å². The number of nitrogens with zero attached hydrogens (tertiary/aromatic N) is 1. The second kappa shape index (κ2) is 8.51. The number of rotatable bonds is 7. The second-order valence-corrected chi connectivity index (χ2v) is 8.43. The van der Waals surface area contributed by atoms with E-state index in [1.54, 1.807) is 0 Å². The number of carbonyl (C=O) groups excluding carboxylic acids is 1. The van der Waals surface area contributed by atoms with E-state index < -0.39 is 10.0 Å². The molecule has 1 amide bonds. The van der Waals surface area contributed by atoms with Crippen molar-refractivity contribution in [3.63, 3.8) is 0 Å². The number of primary sulfonamides is 1. The SMILES string of the molecule is C[C@H](C(=O)Nc1ccc(S(N)(=O)=O)cc1)[NH+](C)Cc1ccc(N(C)C)cc1. The zero-order valence-corrected chi connectivity index (χ0v) is 16.9. The van der Waals surface area contributed by atoms with E-state index >= 15 is 0 Å². The van der Waals surface area contributed by atoms with E-state index in [9.17, 15) is 13.2 Å². The number of likely N-dealkylation sites (N-methyl/N-ethyl adjacent to an activating group) is 1. The lowest BCUT2D eigenvalue weighted by Gasteiger charge is -2.21. The van der Waals surface area contributed by atoms with Crippen LogP contribution < -0.4 is 20.3 Å². The van der Waals surface area contributed by atoms with Gasteiger partial charge in [0.25, 0.3) is 5.91 Å². The number of sulfonamides is 1. The second-order valence-electron chi connectivity index (χ2n) is 6.86. The maximum atomic E-state index is 12.5. The van der Waals surface area contributed by atoms with Gasteiger partial charge < -0.3 is 15.1 Å². The van der Waals surface area contributed by atoms with Crippen molar-refractivity contribution in [1.29, 1.82) is 0 Å². The monoisotopic (exact) mass is 391 g/mol. The lowest BCUT2D eigenvalue weighted by molar-refractivity contribution is -0.907. The third kappa shape index (κ3) is 5.78. The van der Waals surface area contributed by atoms with Crippen molar-refractivity contribution in [3.05, 3.63) is 54.1 Å². The molecule has 146 valence electrons. The molecule has 0 spiro atoms. The Hall–Kier alpha value is -2.42. The Balaban J connectivity index is 1.97. The molecule has 0 heterocycles. The summed E-state index contributed by atoms with van der Waals surface area (Å²) in [6.45, 7) is 2.57. The minimum atomic E-state index is -3.74. The van der Waals surface area contributed by atoms with Crippen molar-refractivity contribution in [2.45, 2.75) is 24.4 Å². The molecule has 2 atom stereocenters. The molecule has 0 aromatic heterocycles. The van der Waals surface area contributed by atoms with Crippen LogP contribution in [0.15, 0.2) is 53.4 Å². The molecule has 7 nitrogen and oxygen atoms in total. The average molecular weight is 392 g/mol. The summed E-state index contributed by atoms with van der Waals surface area (Å²) in [4.78, 5) is 15.6. The molecule has 0 saturated carbocycles. The van der Waals surface area contributed by atoms with Crippen LogP contribution in [0.25, 0.3) is 0 Å². The summed E-state index contributed by atoms with van der Waals surface area (Å²) in [5.41, 5.74) is 2.81. The Bertz CT molecular complexity index is 878. The van der Waals surface area contributed by atoms with Gasteiger partial charge in [0.15, 0.2) is 6.04 Å². The molecule has 0 fully saturated rings. The summed E-state index contributed by atoms with van der Waals surface area (Å²) in [6.07, 6.45) is 0. The summed E-state index contributed by atoms with van der Waals surface area (Å²) in [5.74, 6) is -0.138. The van der Waals surface area contributed by atoms with Crippen molar-refractivity contribution < 1.29 is 18.1 Å². The van der Waals surface area contributed by atoms with E-state index in [1.807, 2.05) is 33.0 Å². The molecule has 8 heteroatoms. The molecule has 1 unspecified atom stereocenters. The highest BCUT2D eigenvalue weighted by Gasteiger charge is 2.22. The lowest BCUT2D eigenvalue weighted by atomic mass is 10.1. The zero-order valence-electron chi connectivity index (χ0n) is 16.1. The fraction of sp³-hybridized carbons (Fsp3) is 0.316. The Morgan fingerprint density at radius 1 is 1.11 bits per heavy atom. The smallest absolute Gasteiger partial charge is 0.282 e. The fourth-order valence-electron chi connectivity index (χ4n) is 2.59. The largest absolute Gasteiger partial charge is 0.378 e. The van der Waals surface area contributed by atoms with Gasteiger partial charge in [0.1, 0.15) is 6.54 Å². The zero-order chi connectivity index (χ0) is 20.2. The van der Waals surface area contributed by atoms with Gasteiger partial charge in [0, 0.05) is 31.0 Å². The van der Waals surface area contributed by atoms with E-state index in [4.69, 9.17) is 5.14 Å². The molecular weight excluding hydrogens is 364 g/mol. The van der Waals surface area contributed by atoms with Crippen molar-refractivity contribution in [3.8, 4) is 0 Å². The molecule has 4 N–H and O–H groups in total. The number of anilines is 2. The molecule has 2 aromatic carbocycles. The third-order valence-electron chi connectivity index (χ3n) is 4.52. The fourth-order valence-corrected chi connectivity index (χ4v) is 3.10. The first-order valence-corrected chi connectivity index (χ1v) is 10.1.